The number of hydrogen-bond acceptors (Lipinski definition) is 4. The molecule has 28 heavy (non-hydrogen) atoms. The van der Waals surface area contributed by atoms with Crippen LogP contribution < -0.4 is 5.32 Å². The van der Waals surface area contributed by atoms with Gasteiger partial charge in [-0.2, -0.15) is 4.98 Å². The lowest BCUT2D eigenvalue weighted by molar-refractivity contribution is 0.184. The largest absolute Gasteiger partial charge is 0.339 e. The van der Waals surface area contributed by atoms with Crippen molar-refractivity contribution in [3.8, 4) is 11.4 Å². The molecule has 1 atom stereocenters. The van der Waals surface area contributed by atoms with E-state index in [1.54, 1.807) is 29.2 Å². The van der Waals surface area contributed by atoms with Crippen LogP contribution in [0.5, 0.6) is 0 Å². The van der Waals surface area contributed by atoms with E-state index in [-0.39, 0.29) is 17.8 Å². The summed E-state index contributed by atoms with van der Waals surface area (Å²) >= 11 is 6.11. The molecule has 2 aromatic carbocycles. The Kier molecular flexibility index (Phi) is 5.25. The lowest BCUT2D eigenvalue weighted by Crippen LogP contribution is -2.41. The highest BCUT2D eigenvalue weighted by molar-refractivity contribution is 6.33. The van der Waals surface area contributed by atoms with Crippen LogP contribution in [0.4, 0.5) is 14.9 Å². The van der Waals surface area contributed by atoms with Crippen LogP contribution in [0, 0.1) is 5.82 Å². The van der Waals surface area contributed by atoms with E-state index in [0.717, 1.165) is 12.8 Å². The number of carbonyl (C=O) groups excluding carboxylic acids is 1. The Morgan fingerprint density at radius 3 is 2.79 bits per heavy atom. The predicted octanol–water partition coefficient (Wildman–Crippen LogP) is 4.94. The van der Waals surface area contributed by atoms with Crippen LogP contribution in [-0.2, 0) is 0 Å². The fourth-order valence-electron chi connectivity index (χ4n) is 3.24. The lowest BCUT2D eigenvalue weighted by atomic mass is 9.98. The van der Waals surface area contributed by atoms with Crippen LogP contribution in [0.1, 0.15) is 24.7 Å². The minimum absolute atomic E-state index is 0.0487. The van der Waals surface area contributed by atoms with E-state index < -0.39 is 0 Å². The third-order valence-corrected chi connectivity index (χ3v) is 5.05. The molecule has 6 nitrogen and oxygen atoms in total. The molecule has 1 fully saturated rings. The number of aromatic nitrogens is 2. The first-order valence-electron chi connectivity index (χ1n) is 9.00. The summed E-state index contributed by atoms with van der Waals surface area (Å²) in [5, 5.41) is 7.33. The molecule has 2 amide bonds. The number of likely N-dealkylation sites (tertiary alicyclic amines) is 1. The Bertz CT molecular complexity index is 976. The van der Waals surface area contributed by atoms with Gasteiger partial charge >= 0.3 is 6.03 Å². The summed E-state index contributed by atoms with van der Waals surface area (Å²) in [5.74, 6) is 0.523. The van der Waals surface area contributed by atoms with Gasteiger partial charge in [0.1, 0.15) is 5.82 Å². The van der Waals surface area contributed by atoms with Crippen molar-refractivity contribution < 1.29 is 13.7 Å². The molecular formula is C20H18ClFN4O2. The molecule has 3 aromatic rings. The van der Waals surface area contributed by atoms with Gasteiger partial charge in [-0.1, -0.05) is 28.9 Å². The normalized spacial score (nSPS) is 16.8. The van der Waals surface area contributed by atoms with E-state index in [1.807, 2.05) is 12.1 Å². The second-order valence-corrected chi connectivity index (χ2v) is 7.07. The summed E-state index contributed by atoms with van der Waals surface area (Å²) in [4.78, 5) is 18.8. The number of hydrogen-bond donors (Lipinski definition) is 1. The molecule has 144 valence electrons. The van der Waals surface area contributed by atoms with Crippen LogP contribution >= 0.6 is 11.6 Å². The molecule has 1 saturated heterocycles. The quantitative estimate of drug-likeness (QED) is 0.675. The fourth-order valence-corrected chi connectivity index (χ4v) is 3.42. The monoisotopic (exact) mass is 400 g/mol. The Morgan fingerprint density at radius 1 is 1.21 bits per heavy atom. The Morgan fingerprint density at radius 2 is 2.00 bits per heavy atom. The molecule has 0 saturated carbocycles. The first-order valence-corrected chi connectivity index (χ1v) is 9.38. The zero-order valence-corrected chi connectivity index (χ0v) is 15.7. The molecule has 0 bridgehead atoms. The SMILES string of the molecule is O=C(Nc1ccccc1Cl)N1CCC[C@H](c2nc(-c3ccc(F)cc3)no2)C1. The number of carbonyl (C=O) groups is 1. The van der Waals surface area contributed by atoms with Crippen molar-refractivity contribution in [1.29, 1.82) is 0 Å². The van der Waals surface area contributed by atoms with Crippen LogP contribution in [0.2, 0.25) is 5.02 Å². The fraction of sp³-hybridized carbons (Fsp3) is 0.250. The summed E-state index contributed by atoms with van der Waals surface area (Å²) in [6.45, 7) is 1.12. The van der Waals surface area contributed by atoms with Crippen molar-refractivity contribution in [3.63, 3.8) is 0 Å². The zero-order chi connectivity index (χ0) is 19.5. The van der Waals surface area contributed by atoms with Gasteiger partial charge in [0.25, 0.3) is 0 Å². The van der Waals surface area contributed by atoms with E-state index >= 15 is 0 Å². The molecule has 8 heteroatoms. The van der Waals surface area contributed by atoms with Crippen LogP contribution in [-0.4, -0.2) is 34.2 Å². The van der Waals surface area contributed by atoms with E-state index in [1.165, 1.54) is 12.1 Å². The number of halogens is 2. The summed E-state index contributed by atoms with van der Waals surface area (Å²) in [6.07, 6.45) is 1.68. The number of piperidine rings is 1. The smallest absolute Gasteiger partial charge is 0.321 e. The topological polar surface area (TPSA) is 71.3 Å². The number of nitrogens with one attached hydrogen (secondary N) is 1. The van der Waals surface area contributed by atoms with Gasteiger partial charge in [0.05, 0.1) is 16.6 Å². The standard InChI is InChI=1S/C20H18ClFN4O2/c21-16-5-1-2-6-17(16)23-20(27)26-11-3-4-14(12-26)19-24-18(25-28-19)13-7-9-15(22)10-8-13/h1-2,5-10,14H,3-4,11-12H2,(H,23,27)/t14-/m0/s1. The Hall–Kier alpha value is -2.93. The van der Waals surface area contributed by atoms with E-state index in [2.05, 4.69) is 15.5 Å². The second kappa shape index (κ2) is 7.98. The van der Waals surface area contributed by atoms with Crippen molar-refractivity contribution in [3.05, 3.63) is 65.3 Å². The lowest BCUT2D eigenvalue weighted by Gasteiger charge is -2.31. The summed E-state index contributed by atoms with van der Waals surface area (Å²) < 4.78 is 18.5. The van der Waals surface area contributed by atoms with Crippen LogP contribution in [0.25, 0.3) is 11.4 Å². The Balaban J connectivity index is 1.44. The van der Waals surface area contributed by atoms with Crippen molar-refractivity contribution in [2.75, 3.05) is 18.4 Å². The van der Waals surface area contributed by atoms with Gasteiger partial charge in [-0.05, 0) is 49.2 Å². The zero-order valence-electron chi connectivity index (χ0n) is 14.9. The van der Waals surface area contributed by atoms with Gasteiger partial charge < -0.3 is 14.7 Å². The number of para-hydroxylation sites is 1. The first-order chi connectivity index (χ1) is 13.6. The highest BCUT2D eigenvalue weighted by Gasteiger charge is 2.29. The summed E-state index contributed by atoms with van der Waals surface area (Å²) in [5.41, 5.74) is 1.26. The van der Waals surface area contributed by atoms with Crippen LogP contribution in [0.15, 0.2) is 53.1 Å². The number of anilines is 1. The predicted molar refractivity (Wildman–Crippen MR) is 104 cm³/mol. The maximum Gasteiger partial charge on any atom is 0.321 e. The summed E-state index contributed by atoms with van der Waals surface area (Å²) in [6, 6.07) is 12.8. The molecule has 2 heterocycles. The van der Waals surface area contributed by atoms with Crippen molar-refractivity contribution >= 4 is 23.3 Å². The highest BCUT2D eigenvalue weighted by Crippen LogP contribution is 2.28. The summed E-state index contributed by atoms with van der Waals surface area (Å²) in [7, 11) is 0. The van der Waals surface area contributed by atoms with E-state index in [0.29, 0.717) is 41.1 Å². The third-order valence-electron chi connectivity index (χ3n) is 4.72. The average molecular weight is 401 g/mol. The highest BCUT2D eigenvalue weighted by atomic mass is 35.5. The number of benzene rings is 2. The van der Waals surface area contributed by atoms with Gasteiger partial charge in [0.15, 0.2) is 0 Å². The first kappa shape index (κ1) is 18.4. The molecule has 1 aliphatic rings. The molecule has 1 N–H and O–H groups in total. The van der Waals surface area contributed by atoms with Gasteiger partial charge in [0, 0.05) is 18.7 Å². The molecule has 1 aliphatic heterocycles. The van der Waals surface area contributed by atoms with Gasteiger partial charge in [-0.15, -0.1) is 0 Å². The van der Waals surface area contributed by atoms with Crippen LogP contribution in [0.3, 0.4) is 0 Å². The number of amides is 2. The minimum atomic E-state index is -0.320. The van der Waals surface area contributed by atoms with E-state index in [4.69, 9.17) is 16.1 Å². The van der Waals surface area contributed by atoms with E-state index in [9.17, 15) is 9.18 Å². The van der Waals surface area contributed by atoms with Crippen molar-refractivity contribution in [2.24, 2.45) is 0 Å². The van der Waals surface area contributed by atoms with Gasteiger partial charge in [-0.25, -0.2) is 9.18 Å². The molecule has 0 unspecified atom stereocenters. The van der Waals surface area contributed by atoms with Crippen molar-refractivity contribution in [1.82, 2.24) is 15.0 Å². The average Bonchev–Trinajstić information content (AvgIpc) is 3.21. The maximum atomic E-state index is 13.1. The molecule has 0 spiro atoms. The molecule has 4 rings (SSSR count). The van der Waals surface area contributed by atoms with Gasteiger partial charge in [0.2, 0.25) is 11.7 Å². The molecular weight excluding hydrogens is 383 g/mol. The van der Waals surface area contributed by atoms with Crippen molar-refractivity contribution in [2.45, 2.75) is 18.8 Å². The number of rotatable bonds is 3. The second-order valence-electron chi connectivity index (χ2n) is 6.66. The van der Waals surface area contributed by atoms with Gasteiger partial charge in [-0.3, -0.25) is 0 Å². The third kappa shape index (κ3) is 3.99. The Labute approximate surface area is 166 Å². The number of nitrogens with zero attached hydrogens (tertiary/aromatic N) is 3. The molecule has 0 aliphatic carbocycles. The minimum Gasteiger partial charge on any atom is -0.339 e. The molecule has 1 aromatic heterocycles. The number of urea groups is 1. The maximum absolute atomic E-state index is 13.1. The molecule has 0 radical (unpaired) electrons.